The Balaban J connectivity index is 2.03. The summed E-state index contributed by atoms with van der Waals surface area (Å²) in [6.45, 7) is 1.50. The molecule has 0 aromatic heterocycles. The van der Waals surface area contributed by atoms with Gasteiger partial charge in [0.1, 0.15) is 0 Å². The SMILES string of the molecule is O=C(NCCCC1CCOC1)C(F)(F)F. The third-order valence-electron chi connectivity index (χ3n) is 2.36. The van der Waals surface area contributed by atoms with Gasteiger partial charge in [0.05, 0.1) is 0 Å². The Morgan fingerprint density at radius 2 is 2.20 bits per heavy atom. The first kappa shape index (κ1) is 12.3. The predicted molar refractivity (Wildman–Crippen MR) is 47.2 cm³/mol. The molecule has 0 bridgehead atoms. The van der Waals surface area contributed by atoms with E-state index in [-0.39, 0.29) is 6.54 Å². The van der Waals surface area contributed by atoms with Gasteiger partial charge in [0.25, 0.3) is 0 Å². The van der Waals surface area contributed by atoms with Crippen LogP contribution in [0.3, 0.4) is 0 Å². The van der Waals surface area contributed by atoms with Gasteiger partial charge in [0.15, 0.2) is 0 Å². The highest BCUT2D eigenvalue weighted by molar-refractivity contribution is 5.81. The van der Waals surface area contributed by atoms with Crippen LogP contribution in [0.4, 0.5) is 13.2 Å². The predicted octanol–water partition coefficient (Wildman–Crippen LogP) is 1.48. The average molecular weight is 225 g/mol. The summed E-state index contributed by atoms with van der Waals surface area (Å²) in [6.07, 6.45) is -2.43. The van der Waals surface area contributed by atoms with Crippen LogP contribution in [0.25, 0.3) is 0 Å². The third-order valence-corrected chi connectivity index (χ3v) is 2.36. The number of hydrogen-bond donors (Lipinski definition) is 1. The normalized spacial score (nSPS) is 21.7. The highest BCUT2D eigenvalue weighted by Gasteiger charge is 2.38. The van der Waals surface area contributed by atoms with E-state index >= 15 is 0 Å². The van der Waals surface area contributed by atoms with Crippen molar-refractivity contribution in [1.29, 1.82) is 0 Å². The minimum absolute atomic E-state index is 0.0782. The zero-order chi connectivity index (χ0) is 11.3. The first-order chi connectivity index (χ1) is 7.00. The van der Waals surface area contributed by atoms with E-state index in [0.717, 1.165) is 19.4 Å². The van der Waals surface area contributed by atoms with Crippen LogP contribution in [0.1, 0.15) is 19.3 Å². The molecule has 0 aromatic rings. The maximum Gasteiger partial charge on any atom is 0.471 e. The molecule has 0 radical (unpaired) electrons. The fourth-order valence-corrected chi connectivity index (χ4v) is 1.50. The van der Waals surface area contributed by atoms with E-state index in [2.05, 4.69) is 0 Å². The van der Waals surface area contributed by atoms with E-state index in [4.69, 9.17) is 4.74 Å². The molecule has 3 nitrogen and oxygen atoms in total. The van der Waals surface area contributed by atoms with Crippen LogP contribution >= 0.6 is 0 Å². The number of nitrogens with one attached hydrogen (secondary N) is 1. The van der Waals surface area contributed by atoms with E-state index in [1.807, 2.05) is 5.32 Å². The van der Waals surface area contributed by atoms with Crippen molar-refractivity contribution in [1.82, 2.24) is 5.32 Å². The van der Waals surface area contributed by atoms with Crippen molar-refractivity contribution >= 4 is 5.91 Å². The number of rotatable bonds is 4. The fourth-order valence-electron chi connectivity index (χ4n) is 1.50. The van der Waals surface area contributed by atoms with Gasteiger partial charge in [-0.2, -0.15) is 13.2 Å². The van der Waals surface area contributed by atoms with Crippen molar-refractivity contribution in [2.75, 3.05) is 19.8 Å². The average Bonchev–Trinajstić information content (AvgIpc) is 2.63. The molecule has 1 aliphatic heterocycles. The number of alkyl halides is 3. The minimum Gasteiger partial charge on any atom is -0.381 e. The lowest BCUT2D eigenvalue weighted by molar-refractivity contribution is -0.173. The van der Waals surface area contributed by atoms with E-state index in [0.29, 0.717) is 18.9 Å². The lowest BCUT2D eigenvalue weighted by Crippen LogP contribution is -2.37. The lowest BCUT2D eigenvalue weighted by Gasteiger charge is -2.09. The number of halogens is 3. The zero-order valence-corrected chi connectivity index (χ0v) is 8.27. The van der Waals surface area contributed by atoms with Crippen LogP contribution in [-0.4, -0.2) is 31.8 Å². The Bertz CT molecular complexity index is 212. The molecule has 6 heteroatoms. The minimum atomic E-state index is -4.77. The molecule has 1 aliphatic rings. The van der Waals surface area contributed by atoms with Crippen molar-refractivity contribution < 1.29 is 22.7 Å². The second-order valence-corrected chi connectivity index (χ2v) is 3.63. The van der Waals surface area contributed by atoms with Crippen molar-refractivity contribution in [3.05, 3.63) is 0 Å². The molecule has 1 fully saturated rings. The first-order valence-electron chi connectivity index (χ1n) is 4.93. The fraction of sp³-hybridized carbons (Fsp3) is 0.889. The maximum absolute atomic E-state index is 11.7. The van der Waals surface area contributed by atoms with Gasteiger partial charge in [-0.15, -0.1) is 0 Å². The third kappa shape index (κ3) is 4.51. The van der Waals surface area contributed by atoms with Crippen LogP contribution in [0, 0.1) is 5.92 Å². The molecule has 1 N–H and O–H groups in total. The van der Waals surface area contributed by atoms with Gasteiger partial charge in [-0.05, 0) is 25.2 Å². The Morgan fingerprint density at radius 3 is 2.73 bits per heavy atom. The summed E-state index contributed by atoms with van der Waals surface area (Å²) in [7, 11) is 0. The molecule has 1 unspecified atom stereocenters. The molecule has 1 rings (SSSR count). The van der Waals surface area contributed by atoms with Gasteiger partial charge in [-0.1, -0.05) is 0 Å². The Hall–Kier alpha value is -0.780. The van der Waals surface area contributed by atoms with Crippen LogP contribution in [0.2, 0.25) is 0 Å². The lowest BCUT2D eigenvalue weighted by atomic mass is 10.0. The van der Waals surface area contributed by atoms with E-state index in [9.17, 15) is 18.0 Å². The van der Waals surface area contributed by atoms with Gasteiger partial charge in [-0.3, -0.25) is 4.79 Å². The Morgan fingerprint density at radius 1 is 1.47 bits per heavy atom. The number of carbonyl (C=O) groups excluding carboxylic acids is 1. The standard InChI is InChI=1S/C9H14F3NO2/c10-9(11,12)8(14)13-4-1-2-7-3-5-15-6-7/h7H,1-6H2,(H,13,14). The van der Waals surface area contributed by atoms with Gasteiger partial charge >= 0.3 is 12.1 Å². The first-order valence-corrected chi connectivity index (χ1v) is 4.93. The number of ether oxygens (including phenoxy) is 1. The number of amides is 1. The van der Waals surface area contributed by atoms with Crippen LogP contribution in [0.5, 0.6) is 0 Å². The molecule has 0 aliphatic carbocycles. The summed E-state index contributed by atoms with van der Waals surface area (Å²) >= 11 is 0. The molecule has 15 heavy (non-hydrogen) atoms. The van der Waals surface area contributed by atoms with Gasteiger partial charge in [-0.25, -0.2) is 0 Å². The summed E-state index contributed by atoms with van der Waals surface area (Å²) < 4.78 is 40.4. The topological polar surface area (TPSA) is 38.3 Å². The summed E-state index contributed by atoms with van der Waals surface area (Å²) in [5.74, 6) is -1.42. The molecule has 1 atom stereocenters. The monoisotopic (exact) mass is 225 g/mol. The van der Waals surface area contributed by atoms with Gasteiger partial charge in [0.2, 0.25) is 0 Å². The van der Waals surface area contributed by atoms with Crippen LogP contribution in [0.15, 0.2) is 0 Å². The molecular weight excluding hydrogens is 211 g/mol. The van der Waals surface area contributed by atoms with Crippen LogP contribution < -0.4 is 5.32 Å². The van der Waals surface area contributed by atoms with Crippen molar-refractivity contribution in [3.63, 3.8) is 0 Å². The summed E-state index contributed by atoms with van der Waals surface area (Å²) in [6, 6.07) is 0. The van der Waals surface area contributed by atoms with Crippen molar-refractivity contribution in [3.8, 4) is 0 Å². The molecular formula is C9H14F3NO2. The van der Waals surface area contributed by atoms with Crippen LogP contribution in [-0.2, 0) is 9.53 Å². The van der Waals surface area contributed by atoms with Gasteiger partial charge in [0, 0.05) is 19.8 Å². The quantitative estimate of drug-likeness (QED) is 0.736. The second-order valence-electron chi connectivity index (χ2n) is 3.63. The summed E-state index contributed by atoms with van der Waals surface area (Å²) in [5.41, 5.74) is 0. The molecule has 1 heterocycles. The molecule has 0 spiro atoms. The smallest absolute Gasteiger partial charge is 0.381 e. The Kier molecular flexibility index (Phi) is 4.38. The molecule has 0 aromatic carbocycles. The summed E-state index contributed by atoms with van der Waals surface area (Å²) in [4.78, 5) is 10.4. The van der Waals surface area contributed by atoms with Gasteiger partial charge < -0.3 is 10.1 Å². The Labute approximate surface area is 86.0 Å². The second kappa shape index (κ2) is 5.34. The molecule has 88 valence electrons. The van der Waals surface area contributed by atoms with E-state index in [1.54, 1.807) is 0 Å². The van der Waals surface area contributed by atoms with Crippen molar-refractivity contribution in [2.24, 2.45) is 5.92 Å². The number of carbonyl (C=O) groups is 1. The van der Waals surface area contributed by atoms with E-state index < -0.39 is 12.1 Å². The largest absolute Gasteiger partial charge is 0.471 e. The number of hydrogen-bond acceptors (Lipinski definition) is 2. The molecule has 1 amide bonds. The molecule has 0 saturated carbocycles. The maximum atomic E-state index is 11.7. The highest BCUT2D eigenvalue weighted by Crippen LogP contribution is 2.18. The molecule has 1 saturated heterocycles. The highest BCUT2D eigenvalue weighted by atomic mass is 19.4. The van der Waals surface area contributed by atoms with Crippen molar-refractivity contribution in [2.45, 2.75) is 25.4 Å². The summed E-state index contributed by atoms with van der Waals surface area (Å²) in [5, 5.41) is 1.84. The van der Waals surface area contributed by atoms with E-state index in [1.165, 1.54) is 0 Å². The zero-order valence-electron chi connectivity index (χ0n) is 8.27.